The molecule has 0 saturated carbocycles. The molecule has 0 radical (unpaired) electrons. The minimum Gasteiger partial charge on any atom is -0.481 e. The Balaban J connectivity index is 1.80. The summed E-state index contributed by atoms with van der Waals surface area (Å²) in [7, 11) is 0. The number of carboxylic acid groups (broad SMARTS) is 2. The summed E-state index contributed by atoms with van der Waals surface area (Å²) in [6.45, 7) is 0. The molecule has 1 heterocycles. The summed E-state index contributed by atoms with van der Waals surface area (Å²) in [5, 5.41) is 27.5. The third-order valence-electron chi connectivity index (χ3n) is 6.61. The molecule has 8 N–H and O–H groups in total. The van der Waals surface area contributed by atoms with Gasteiger partial charge >= 0.3 is 11.9 Å². The van der Waals surface area contributed by atoms with Crippen molar-refractivity contribution in [1.82, 2.24) is 20.9 Å². The van der Waals surface area contributed by atoms with E-state index in [1.54, 1.807) is 36.5 Å². The van der Waals surface area contributed by atoms with Gasteiger partial charge in [0.1, 0.15) is 18.1 Å². The first-order valence-corrected chi connectivity index (χ1v) is 14.7. The van der Waals surface area contributed by atoms with Crippen molar-refractivity contribution >= 4 is 52.3 Å². The molecule has 1 aromatic heterocycles. The molecule has 0 aliphatic rings. The summed E-state index contributed by atoms with van der Waals surface area (Å²) in [5.74, 6) is -4.42. The zero-order valence-corrected chi connectivity index (χ0v) is 23.9. The first-order valence-electron chi connectivity index (χ1n) is 13.3. The van der Waals surface area contributed by atoms with E-state index in [1.165, 1.54) is 11.8 Å². The van der Waals surface area contributed by atoms with E-state index >= 15 is 0 Å². The van der Waals surface area contributed by atoms with E-state index in [1.807, 2.05) is 30.5 Å². The number of carboxylic acids is 2. The number of fused-ring (bicyclic) bond motifs is 1. The molecule has 4 unspecified atom stereocenters. The van der Waals surface area contributed by atoms with Gasteiger partial charge in [-0.3, -0.25) is 19.2 Å². The molecular formula is C29H35N5O7S. The van der Waals surface area contributed by atoms with Crippen LogP contribution in [0.3, 0.4) is 0 Å². The predicted octanol–water partition coefficient (Wildman–Crippen LogP) is 1.05. The second-order valence-corrected chi connectivity index (χ2v) is 10.7. The molecule has 0 bridgehead atoms. The lowest BCUT2D eigenvalue weighted by atomic mass is 10.0. The van der Waals surface area contributed by atoms with Crippen LogP contribution in [0.2, 0.25) is 0 Å². The molecule has 0 spiro atoms. The highest BCUT2D eigenvalue weighted by molar-refractivity contribution is 7.98. The number of thioether (sulfide) groups is 1. The van der Waals surface area contributed by atoms with Crippen LogP contribution in [0.1, 0.15) is 24.0 Å². The number of benzene rings is 2. The molecule has 13 heteroatoms. The summed E-state index contributed by atoms with van der Waals surface area (Å²) in [5.41, 5.74) is 8.05. The van der Waals surface area contributed by atoms with Crippen LogP contribution >= 0.6 is 11.8 Å². The van der Waals surface area contributed by atoms with Crippen molar-refractivity contribution in [2.75, 3.05) is 12.0 Å². The van der Waals surface area contributed by atoms with Crippen molar-refractivity contribution in [3.63, 3.8) is 0 Å². The van der Waals surface area contributed by atoms with Crippen molar-refractivity contribution in [2.45, 2.75) is 49.9 Å². The molecule has 224 valence electrons. The summed E-state index contributed by atoms with van der Waals surface area (Å²) in [6, 6.07) is 11.0. The van der Waals surface area contributed by atoms with Crippen LogP contribution in [-0.2, 0) is 36.8 Å². The van der Waals surface area contributed by atoms with Crippen LogP contribution in [-0.4, -0.2) is 81.0 Å². The van der Waals surface area contributed by atoms with E-state index in [0.717, 1.165) is 10.9 Å². The molecule has 0 saturated heterocycles. The molecular weight excluding hydrogens is 562 g/mol. The summed E-state index contributed by atoms with van der Waals surface area (Å²) in [6.07, 6.45) is 3.06. The number of aliphatic carboxylic acids is 2. The van der Waals surface area contributed by atoms with Gasteiger partial charge in [0.05, 0.1) is 12.5 Å². The van der Waals surface area contributed by atoms with Crippen molar-refractivity contribution in [1.29, 1.82) is 0 Å². The number of nitrogens with two attached hydrogens (primary N) is 1. The number of aromatic amines is 1. The first kappa shape index (κ1) is 32.2. The quantitative estimate of drug-likeness (QED) is 0.126. The van der Waals surface area contributed by atoms with E-state index in [9.17, 15) is 34.2 Å². The van der Waals surface area contributed by atoms with Crippen molar-refractivity contribution in [2.24, 2.45) is 5.73 Å². The monoisotopic (exact) mass is 597 g/mol. The smallest absolute Gasteiger partial charge is 0.326 e. The number of carbonyl (C=O) groups excluding carboxylic acids is 3. The van der Waals surface area contributed by atoms with Gasteiger partial charge in [-0.05, 0) is 35.6 Å². The minimum atomic E-state index is -1.51. The number of hydrogen-bond donors (Lipinski definition) is 7. The molecule has 0 aliphatic heterocycles. The largest absolute Gasteiger partial charge is 0.481 e. The van der Waals surface area contributed by atoms with Gasteiger partial charge in [-0.1, -0.05) is 48.5 Å². The van der Waals surface area contributed by atoms with E-state index < -0.39 is 60.2 Å². The maximum Gasteiger partial charge on any atom is 0.326 e. The molecule has 12 nitrogen and oxygen atoms in total. The predicted molar refractivity (Wildman–Crippen MR) is 159 cm³/mol. The van der Waals surface area contributed by atoms with E-state index in [4.69, 9.17) is 5.73 Å². The molecule has 2 aromatic carbocycles. The molecule has 3 aromatic rings. The van der Waals surface area contributed by atoms with Gasteiger partial charge in [-0.2, -0.15) is 11.8 Å². The fraction of sp³-hybridized carbons (Fsp3) is 0.345. The number of H-pyrrole nitrogens is 1. The second-order valence-electron chi connectivity index (χ2n) is 9.76. The SMILES string of the molecule is CSCCC(N)C(=O)NC(CC(=O)O)C(=O)NC(Cc1ccccc1)C(=O)NC(Cc1c[nH]c2ccccc12)C(=O)O. The van der Waals surface area contributed by atoms with Crippen LogP contribution in [0.15, 0.2) is 60.8 Å². The number of rotatable bonds is 16. The van der Waals surface area contributed by atoms with Crippen LogP contribution in [0.4, 0.5) is 0 Å². The maximum absolute atomic E-state index is 13.5. The summed E-state index contributed by atoms with van der Waals surface area (Å²) < 4.78 is 0. The Morgan fingerprint density at radius 1 is 0.833 bits per heavy atom. The number of para-hydroxylation sites is 1. The molecule has 3 rings (SSSR count). The number of amides is 3. The lowest BCUT2D eigenvalue weighted by Crippen LogP contribution is -2.58. The van der Waals surface area contributed by atoms with Crippen LogP contribution in [0.5, 0.6) is 0 Å². The fourth-order valence-electron chi connectivity index (χ4n) is 4.36. The van der Waals surface area contributed by atoms with Gasteiger partial charge in [0.2, 0.25) is 17.7 Å². The standard InChI is InChI=1S/C29H35N5O7S/c1-42-12-11-20(30)26(37)32-23(15-25(35)36)28(39)33-22(13-17-7-3-2-4-8-17)27(38)34-24(29(40)41)14-18-16-31-21-10-6-5-9-19(18)21/h2-10,16,20,22-24,31H,11-15,30H2,1H3,(H,32,37)(H,33,39)(H,34,38)(H,35,36)(H,40,41). The lowest BCUT2D eigenvalue weighted by Gasteiger charge is -2.25. The zero-order valence-electron chi connectivity index (χ0n) is 23.0. The van der Waals surface area contributed by atoms with E-state index in [-0.39, 0.29) is 12.8 Å². The van der Waals surface area contributed by atoms with E-state index in [0.29, 0.717) is 23.3 Å². The van der Waals surface area contributed by atoms with Gasteiger partial charge in [0.15, 0.2) is 0 Å². The van der Waals surface area contributed by atoms with Gasteiger partial charge < -0.3 is 36.9 Å². The molecule has 4 atom stereocenters. The Morgan fingerprint density at radius 3 is 2.12 bits per heavy atom. The van der Waals surface area contributed by atoms with Gasteiger partial charge in [0, 0.05) is 29.9 Å². The number of carbonyl (C=O) groups is 5. The van der Waals surface area contributed by atoms with Gasteiger partial charge in [-0.25, -0.2) is 4.79 Å². The molecule has 42 heavy (non-hydrogen) atoms. The zero-order chi connectivity index (χ0) is 30.6. The Hall–Kier alpha value is -4.36. The number of aromatic nitrogens is 1. The van der Waals surface area contributed by atoms with Gasteiger partial charge in [0.25, 0.3) is 0 Å². The second kappa shape index (κ2) is 15.6. The van der Waals surface area contributed by atoms with Crippen LogP contribution in [0, 0.1) is 0 Å². The van der Waals surface area contributed by atoms with Crippen molar-refractivity contribution in [3.8, 4) is 0 Å². The van der Waals surface area contributed by atoms with Crippen LogP contribution < -0.4 is 21.7 Å². The fourth-order valence-corrected chi connectivity index (χ4v) is 4.85. The Morgan fingerprint density at radius 2 is 1.45 bits per heavy atom. The van der Waals surface area contributed by atoms with Gasteiger partial charge in [-0.15, -0.1) is 0 Å². The number of nitrogens with one attached hydrogen (secondary N) is 4. The van der Waals surface area contributed by atoms with Crippen molar-refractivity contribution in [3.05, 3.63) is 71.9 Å². The first-order chi connectivity index (χ1) is 20.1. The normalized spacial score (nSPS) is 13.9. The summed E-state index contributed by atoms with van der Waals surface area (Å²) >= 11 is 1.48. The molecule has 3 amide bonds. The van der Waals surface area contributed by atoms with Crippen molar-refractivity contribution < 1.29 is 34.2 Å². The topological polar surface area (TPSA) is 204 Å². The number of hydrogen-bond acceptors (Lipinski definition) is 7. The minimum absolute atomic E-state index is 0.0151. The highest BCUT2D eigenvalue weighted by atomic mass is 32.2. The highest BCUT2D eigenvalue weighted by Crippen LogP contribution is 2.19. The Kier molecular flexibility index (Phi) is 11.9. The maximum atomic E-state index is 13.5. The lowest BCUT2D eigenvalue weighted by molar-refractivity contribution is -0.143. The molecule has 0 aliphatic carbocycles. The Labute approximate surface area is 246 Å². The highest BCUT2D eigenvalue weighted by Gasteiger charge is 2.32. The third kappa shape index (κ3) is 9.35. The van der Waals surface area contributed by atoms with E-state index in [2.05, 4.69) is 20.9 Å². The van der Waals surface area contributed by atoms with Crippen LogP contribution in [0.25, 0.3) is 10.9 Å². The third-order valence-corrected chi connectivity index (χ3v) is 7.25. The summed E-state index contributed by atoms with van der Waals surface area (Å²) in [4.78, 5) is 66.0. The average Bonchev–Trinajstić information content (AvgIpc) is 3.37. The molecule has 0 fully saturated rings. The average molecular weight is 598 g/mol. The Bertz CT molecular complexity index is 1400.